The highest BCUT2D eigenvalue weighted by molar-refractivity contribution is 9.10. The monoisotopic (exact) mass is 373 g/mol. The maximum atomic E-state index is 13.2. The number of benzene rings is 1. The van der Waals surface area contributed by atoms with E-state index in [0.29, 0.717) is 10.2 Å². The van der Waals surface area contributed by atoms with Gasteiger partial charge in [0.15, 0.2) is 0 Å². The molecule has 8 heteroatoms. The fourth-order valence-electron chi connectivity index (χ4n) is 1.70. The van der Waals surface area contributed by atoms with E-state index in [9.17, 15) is 4.39 Å². The van der Waals surface area contributed by atoms with Crippen LogP contribution < -0.4 is 5.32 Å². The summed E-state index contributed by atoms with van der Waals surface area (Å²) < 4.78 is 15.4. The van der Waals surface area contributed by atoms with E-state index in [1.54, 1.807) is 28.6 Å². The normalized spacial score (nSPS) is 11.0. The van der Waals surface area contributed by atoms with Crippen molar-refractivity contribution in [2.24, 2.45) is 0 Å². The molecule has 1 aromatic carbocycles. The summed E-state index contributed by atoms with van der Waals surface area (Å²) in [5.41, 5.74) is 1.02. The lowest BCUT2D eigenvalue weighted by molar-refractivity contribution is 0.510. The Morgan fingerprint density at radius 2 is 2.24 bits per heavy atom. The molecule has 0 aliphatic rings. The average molecular weight is 374 g/mol. The molecule has 0 aliphatic heterocycles. The summed E-state index contributed by atoms with van der Waals surface area (Å²) in [4.78, 5) is 0. The van der Waals surface area contributed by atoms with Crippen molar-refractivity contribution in [2.45, 2.75) is 30.8 Å². The summed E-state index contributed by atoms with van der Waals surface area (Å²) in [7, 11) is 0. The minimum absolute atomic E-state index is 0.254. The summed E-state index contributed by atoms with van der Waals surface area (Å²) >= 11 is 4.73. The predicted molar refractivity (Wildman–Crippen MR) is 84.6 cm³/mol. The highest BCUT2D eigenvalue weighted by Gasteiger charge is 2.08. The molecule has 0 bridgehead atoms. The van der Waals surface area contributed by atoms with Gasteiger partial charge in [0.1, 0.15) is 5.82 Å². The van der Waals surface area contributed by atoms with Crippen molar-refractivity contribution in [3.05, 3.63) is 34.1 Å². The molecule has 114 valence electrons. The smallest absolute Gasteiger partial charge is 0.209 e. The molecule has 5 nitrogen and oxygen atoms in total. The number of nitrogens with one attached hydrogen (secondary N) is 1. The van der Waals surface area contributed by atoms with Crippen molar-refractivity contribution in [1.82, 2.24) is 25.5 Å². The third-order valence-electron chi connectivity index (χ3n) is 2.78. The zero-order valence-electron chi connectivity index (χ0n) is 11.7. The number of halogens is 2. The number of rotatable bonds is 8. The second kappa shape index (κ2) is 8.45. The molecule has 0 radical (unpaired) electrons. The highest BCUT2D eigenvalue weighted by Crippen LogP contribution is 2.23. The molecule has 21 heavy (non-hydrogen) atoms. The number of aromatic nitrogens is 4. The van der Waals surface area contributed by atoms with E-state index in [1.165, 1.54) is 6.07 Å². The molecule has 1 heterocycles. The van der Waals surface area contributed by atoms with Gasteiger partial charge >= 0.3 is 0 Å². The maximum absolute atomic E-state index is 13.2. The van der Waals surface area contributed by atoms with Gasteiger partial charge in [-0.2, -0.15) is 0 Å². The second-order valence-electron chi connectivity index (χ2n) is 4.47. The molecule has 0 fully saturated rings. The van der Waals surface area contributed by atoms with E-state index < -0.39 is 0 Å². The lowest BCUT2D eigenvalue weighted by atomic mass is 10.2. The standard InChI is InChI=1S/C13H17BrFN5S/c1-2-5-16-6-7-20-13(17-18-19-20)21-9-10-3-4-12(15)11(14)8-10/h3-4,8,16H,2,5-7,9H2,1H3. The minimum Gasteiger partial charge on any atom is -0.315 e. The van der Waals surface area contributed by atoms with Gasteiger partial charge in [-0.15, -0.1) is 5.10 Å². The summed E-state index contributed by atoms with van der Waals surface area (Å²) in [6, 6.07) is 5.00. The van der Waals surface area contributed by atoms with Gasteiger partial charge in [0.05, 0.1) is 11.0 Å². The molecule has 0 saturated heterocycles. The lowest BCUT2D eigenvalue weighted by Crippen LogP contribution is -2.21. The predicted octanol–water partition coefficient (Wildman–Crippen LogP) is 2.87. The zero-order chi connectivity index (χ0) is 15.1. The van der Waals surface area contributed by atoms with Crippen molar-refractivity contribution in [1.29, 1.82) is 0 Å². The first-order valence-electron chi connectivity index (χ1n) is 6.74. The quantitative estimate of drug-likeness (QED) is 0.569. The van der Waals surface area contributed by atoms with Gasteiger partial charge in [0.25, 0.3) is 0 Å². The SMILES string of the molecule is CCCNCCn1nnnc1SCc1ccc(F)c(Br)c1. The van der Waals surface area contributed by atoms with Crippen LogP contribution in [-0.4, -0.2) is 33.3 Å². The molecule has 0 atom stereocenters. The Morgan fingerprint density at radius 1 is 1.38 bits per heavy atom. The minimum atomic E-state index is -0.254. The average Bonchev–Trinajstić information content (AvgIpc) is 2.92. The van der Waals surface area contributed by atoms with E-state index in [1.807, 2.05) is 0 Å². The van der Waals surface area contributed by atoms with E-state index in [4.69, 9.17) is 0 Å². The van der Waals surface area contributed by atoms with Gasteiger partial charge in [0.2, 0.25) is 5.16 Å². The van der Waals surface area contributed by atoms with Crippen molar-refractivity contribution in [2.75, 3.05) is 13.1 Å². The molecule has 1 aromatic heterocycles. The third kappa shape index (κ3) is 5.05. The maximum Gasteiger partial charge on any atom is 0.209 e. The number of hydrogen-bond donors (Lipinski definition) is 1. The van der Waals surface area contributed by atoms with E-state index >= 15 is 0 Å². The number of thioether (sulfide) groups is 1. The van der Waals surface area contributed by atoms with Gasteiger partial charge in [-0.3, -0.25) is 0 Å². The fourth-order valence-corrected chi connectivity index (χ4v) is 2.98. The van der Waals surface area contributed by atoms with E-state index in [-0.39, 0.29) is 5.82 Å². The van der Waals surface area contributed by atoms with E-state index in [2.05, 4.69) is 43.7 Å². The lowest BCUT2D eigenvalue weighted by Gasteiger charge is -2.06. The van der Waals surface area contributed by atoms with Crippen LogP contribution in [0.5, 0.6) is 0 Å². The highest BCUT2D eigenvalue weighted by atomic mass is 79.9. The largest absolute Gasteiger partial charge is 0.315 e. The van der Waals surface area contributed by atoms with Crippen LogP contribution in [-0.2, 0) is 12.3 Å². The Morgan fingerprint density at radius 3 is 3.00 bits per heavy atom. The molecule has 0 amide bonds. The zero-order valence-corrected chi connectivity index (χ0v) is 14.1. The first-order chi connectivity index (χ1) is 10.2. The van der Waals surface area contributed by atoms with Crippen LogP contribution in [0.1, 0.15) is 18.9 Å². The second-order valence-corrected chi connectivity index (χ2v) is 6.27. The summed E-state index contributed by atoms with van der Waals surface area (Å²) in [6.07, 6.45) is 1.11. The van der Waals surface area contributed by atoms with E-state index in [0.717, 1.165) is 36.8 Å². The van der Waals surface area contributed by atoms with Crippen molar-refractivity contribution >= 4 is 27.7 Å². The Bertz CT molecular complexity index is 577. The molecular formula is C13H17BrFN5S. The van der Waals surface area contributed by atoms with Gasteiger partial charge in [-0.1, -0.05) is 24.8 Å². The van der Waals surface area contributed by atoms with Crippen molar-refractivity contribution in [3.8, 4) is 0 Å². The first kappa shape index (κ1) is 16.4. The number of hydrogen-bond acceptors (Lipinski definition) is 5. The van der Waals surface area contributed by atoms with Crippen LogP contribution in [0.3, 0.4) is 0 Å². The molecule has 0 spiro atoms. The van der Waals surface area contributed by atoms with Crippen LogP contribution in [0, 0.1) is 5.82 Å². The van der Waals surface area contributed by atoms with Crippen LogP contribution in [0.25, 0.3) is 0 Å². The van der Waals surface area contributed by atoms with Crippen molar-refractivity contribution < 1.29 is 4.39 Å². The van der Waals surface area contributed by atoms with Crippen LogP contribution in [0.2, 0.25) is 0 Å². The molecular weight excluding hydrogens is 357 g/mol. The van der Waals surface area contributed by atoms with Gasteiger partial charge < -0.3 is 5.32 Å². The first-order valence-corrected chi connectivity index (χ1v) is 8.52. The fraction of sp³-hybridized carbons (Fsp3) is 0.462. The van der Waals surface area contributed by atoms with Gasteiger partial charge in [-0.05, 0) is 57.0 Å². The van der Waals surface area contributed by atoms with Crippen LogP contribution in [0.4, 0.5) is 4.39 Å². The molecule has 1 N–H and O–H groups in total. The third-order valence-corrected chi connectivity index (χ3v) is 4.41. The Kier molecular flexibility index (Phi) is 6.59. The van der Waals surface area contributed by atoms with Gasteiger partial charge in [0, 0.05) is 12.3 Å². The molecule has 0 unspecified atom stereocenters. The number of tetrazole rings is 1. The van der Waals surface area contributed by atoms with Crippen LogP contribution >= 0.6 is 27.7 Å². The summed E-state index contributed by atoms with van der Waals surface area (Å²) in [5, 5.41) is 15.8. The Hall–Kier alpha value is -0.990. The summed E-state index contributed by atoms with van der Waals surface area (Å²) in [6.45, 7) is 4.71. The van der Waals surface area contributed by atoms with Crippen LogP contribution in [0.15, 0.2) is 27.8 Å². The number of nitrogens with zero attached hydrogens (tertiary/aromatic N) is 4. The molecule has 2 aromatic rings. The van der Waals surface area contributed by atoms with Crippen molar-refractivity contribution in [3.63, 3.8) is 0 Å². The topological polar surface area (TPSA) is 55.6 Å². The molecule has 2 rings (SSSR count). The molecule has 0 aliphatic carbocycles. The summed E-state index contributed by atoms with van der Waals surface area (Å²) in [5.74, 6) is 0.442. The molecule has 0 saturated carbocycles. The van der Waals surface area contributed by atoms with Gasteiger partial charge in [-0.25, -0.2) is 9.07 Å². The Labute approximate surface area is 135 Å². The Balaban J connectivity index is 1.88.